The van der Waals surface area contributed by atoms with Crippen LogP contribution >= 0.6 is 23.5 Å². The monoisotopic (exact) mass is 495 g/mol. The van der Waals surface area contributed by atoms with Crippen LogP contribution in [0, 0.1) is 0 Å². The molecule has 0 aliphatic carbocycles. The van der Waals surface area contributed by atoms with Crippen LogP contribution < -0.4 is 0 Å². The maximum atomic E-state index is 13.3. The summed E-state index contributed by atoms with van der Waals surface area (Å²) in [6.45, 7) is 5.48. The SMILES string of the molecule is CCSC1OC(COC(C)=O)[C@@H](OC(C)=O)[C@H](SC(C)=O)[C@@H]1N1C(=O)c2ccccc2C1=O. The van der Waals surface area contributed by atoms with Crippen molar-refractivity contribution in [3.05, 3.63) is 35.4 Å². The average Bonchev–Trinajstić information content (AvgIpc) is 2.99. The molecule has 0 saturated carbocycles. The minimum Gasteiger partial charge on any atom is -0.463 e. The molecule has 33 heavy (non-hydrogen) atoms. The number of hydrogen-bond donors (Lipinski definition) is 0. The number of amides is 2. The Morgan fingerprint density at radius 1 is 1.03 bits per heavy atom. The van der Waals surface area contributed by atoms with Gasteiger partial charge in [-0.2, -0.15) is 0 Å². The Morgan fingerprint density at radius 3 is 2.12 bits per heavy atom. The van der Waals surface area contributed by atoms with Gasteiger partial charge in [-0.15, -0.1) is 11.8 Å². The molecule has 2 aliphatic rings. The molecule has 1 saturated heterocycles. The fourth-order valence-electron chi connectivity index (χ4n) is 3.94. The van der Waals surface area contributed by atoms with Gasteiger partial charge in [0.1, 0.15) is 24.3 Å². The second kappa shape index (κ2) is 10.7. The Morgan fingerprint density at radius 2 is 1.64 bits per heavy atom. The fraction of sp³-hybridized carbons (Fsp3) is 0.500. The lowest BCUT2D eigenvalue weighted by atomic mass is 9.99. The number of fused-ring (bicyclic) bond motifs is 1. The highest BCUT2D eigenvalue weighted by Gasteiger charge is 2.55. The molecule has 0 N–H and O–H groups in total. The summed E-state index contributed by atoms with van der Waals surface area (Å²) in [6, 6.07) is 5.57. The van der Waals surface area contributed by atoms with Gasteiger partial charge in [0, 0.05) is 20.8 Å². The molecule has 3 rings (SSSR count). The van der Waals surface area contributed by atoms with E-state index in [1.807, 2.05) is 6.92 Å². The van der Waals surface area contributed by atoms with Crippen LogP contribution in [0.2, 0.25) is 0 Å². The van der Waals surface area contributed by atoms with E-state index in [1.54, 1.807) is 24.3 Å². The third-order valence-electron chi connectivity index (χ3n) is 5.12. The molecule has 1 fully saturated rings. The molecule has 2 amide bonds. The number of hydrogen-bond acceptors (Lipinski definition) is 10. The van der Waals surface area contributed by atoms with Crippen LogP contribution in [-0.4, -0.2) is 75.1 Å². The van der Waals surface area contributed by atoms with Crippen LogP contribution in [0.1, 0.15) is 48.4 Å². The van der Waals surface area contributed by atoms with Gasteiger partial charge in [-0.1, -0.05) is 30.8 Å². The normalized spacial score (nSPS) is 26.7. The van der Waals surface area contributed by atoms with Crippen LogP contribution in [0.4, 0.5) is 0 Å². The Bertz CT molecular complexity index is 932. The van der Waals surface area contributed by atoms with E-state index in [2.05, 4.69) is 0 Å². The van der Waals surface area contributed by atoms with Crippen LogP contribution in [0.5, 0.6) is 0 Å². The molecule has 11 heteroatoms. The predicted molar refractivity (Wildman–Crippen MR) is 122 cm³/mol. The molecule has 0 bridgehead atoms. The number of esters is 2. The van der Waals surface area contributed by atoms with Gasteiger partial charge in [0.25, 0.3) is 11.8 Å². The summed E-state index contributed by atoms with van der Waals surface area (Å²) < 4.78 is 16.8. The molecule has 2 aliphatic heterocycles. The summed E-state index contributed by atoms with van der Waals surface area (Å²) in [7, 11) is 0. The van der Waals surface area contributed by atoms with Crippen molar-refractivity contribution < 1.29 is 38.2 Å². The number of thioether (sulfide) groups is 2. The van der Waals surface area contributed by atoms with E-state index in [0.29, 0.717) is 5.75 Å². The summed E-state index contributed by atoms with van der Waals surface area (Å²) >= 11 is 2.22. The van der Waals surface area contributed by atoms with Gasteiger partial charge >= 0.3 is 11.9 Å². The van der Waals surface area contributed by atoms with Crippen LogP contribution in [0.25, 0.3) is 0 Å². The predicted octanol–water partition coefficient (Wildman–Crippen LogP) is 2.27. The lowest BCUT2D eigenvalue weighted by Gasteiger charge is -2.47. The van der Waals surface area contributed by atoms with Gasteiger partial charge in [0.2, 0.25) is 0 Å². The molecule has 0 radical (unpaired) electrons. The highest BCUT2D eigenvalue weighted by molar-refractivity contribution is 8.14. The van der Waals surface area contributed by atoms with Crippen molar-refractivity contribution in [1.29, 1.82) is 0 Å². The summed E-state index contributed by atoms with van der Waals surface area (Å²) in [5.74, 6) is -1.59. The quantitative estimate of drug-likeness (QED) is 0.412. The molecular weight excluding hydrogens is 470 g/mol. The van der Waals surface area contributed by atoms with E-state index in [9.17, 15) is 24.0 Å². The minimum atomic E-state index is -1.04. The van der Waals surface area contributed by atoms with E-state index >= 15 is 0 Å². The van der Waals surface area contributed by atoms with Crippen molar-refractivity contribution in [3.8, 4) is 0 Å². The first kappa shape index (κ1) is 25.3. The second-order valence-electron chi connectivity index (χ2n) is 7.47. The Balaban J connectivity index is 2.07. The smallest absolute Gasteiger partial charge is 0.303 e. The summed E-state index contributed by atoms with van der Waals surface area (Å²) in [5, 5.41) is -1.11. The van der Waals surface area contributed by atoms with Crippen molar-refractivity contribution >= 4 is 52.4 Å². The number of benzene rings is 1. The van der Waals surface area contributed by atoms with Crippen molar-refractivity contribution in [3.63, 3.8) is 0 Å². The van der Waals surface area contributed by atoms with Gasteiger partial charge in [-0.3, -0.25) is 28.9 Å². The largest absolute Gasteiger partial charge is 0.463 e. The number of rotatable bonds is 7. The van der Waals surface area contributed by atoms with Gasteiger partial charge in [-0.25, -0.2) is 0 Å². The Kier molecular flexibility index (Phi) is 8.19. The maximum absolute atomic E-state index is 13.3. The van der Waals surface area contributed by atoms with Crippen molar-refractivity contribution in [1.82, 2.24) is 4.90 Å². The van der Waals surface area contributed by atoms with Crippen molar-refractivity contribution in [2.45, 2.75) is 56.6 Å². The van der Waals surface area contributed by atoms with E-state index in [1.165, 1.54) is 32.5 Å². The zero-order valence-electron chi connectivity index (χ0n) is 18.6. The first-order valence-corrected chi connectivity index (χ1v) is 12.3. The second-order valence-corrected chi connectivity index (χ2v) is 10.2. The van der Waals surface area contributed by atoms with Crippen molar-refractivity contribution in [2.75, 3.05) is 12.4 Å². The first-order valence-electron chi connectivity index (χ1n) is 10.4. The number of ether oxygens (including phenoxy) is 3. The molecule has 0 aromatic heterocycles. The van der Waals surface area contributed by atoms with Crippen LogP contribution in [0.3, 0.4) is 0 Å². The zero-order valence-corrected chi connectivity index (χ0v) is 20.3. The molecule has 0 spiro atoms. The van der Waals surface area contributed by atoms with Crippen LogP contribution in [0.15, 0.2) is 24.3 Å². The van der Waals surface area contributed by atoms with Gasteiger partial charge in [0.05, 0.1) is 22.4 Å². The number of nitrogens with zero attached hydrogens (tertiary/aromatic N) is 1. The standard InChI is InChI=1S/C22H25NO8S2/c1-5-32-22-17(23-20(27)14-8-6-7-9-15(14)21(23)28)19(33-13(4)26)18(30-12(3)25)16(31-22)10-29-11(2)24/h6-9,16-19,22H,5,10H2,1-4H3/t16?,17-,18+,19+,22?/m0/s1. The first-order chi connectivity index (χ1) is 15.6. The van der Waals surface area contributed by atoms with Gasteiger partial charge in [-0.05, 0) is 17.9 Å². The summed E-state index contributed by atoms with van der Waals surface area (Å²) in [5.41, 5.74) is -0.206. The molecule has 178 valence electrons. The molecular formula is C22H25NO8S2. The highest BCUT2D eigenvalue weighted by atomic mass is 32.2. The van der Waals surface area contributed by atoms with Gasteiger partial charge < -0.3 is 14.2 Å². The lowest BCUT2D eigenvalue weighted by Crippen LogP contribution is -2.64. The summed E-state index contributed by atoms with van der Waals surface area (Å²) in [6.07, 6.45) is -1.93. The maximum Gasteiger partial charge on any atom is 0.303 e. The van der Waals surface area contributed by atoms with Crippen molar-refractivity contribution in [2.24, 2.45) is 0 Å². The molecule has 1 aromatic carbocycles. The number of carbonyl (C=O) groups excluding carboxylic acids is 5. The van der Waals surface area contributed by atoms with Gasteiger partial charge in [0.15, 0.2) is 5.12 Å². The van der Waals surface area contributed by atoms with E-state index in [-0.39, 0.29) is 22.8 Å². The third kappa shape index (κ3) is 5.42. The zero-order chi connectivity index (χ0) is 24.3. The fourth-order valence-corrected chi connectivity index (χ4v) is 6.23. The third-order valence-corrected chi connectivity index (χ3v) is 7.33. The van der Waals surface area contributed by atoms with E-state index in [4.69, 9.17) is 14.2 Å². The molecule has 2 heterocycles. The molecule has 2 unspecified atom stereocenters. The Labute approximate surface area is 199 Å². The number of carbonyl (C=O) groups is 5. The topological polar surface area (TPSA) is 116 Å². The molecule has 5 atom stereocenters. The lowest BCUT2D eigenvalue weighted by molar-refractivity contribution is -0.177. The Hall–Kier alpha value is -2.37. The van der Waals surface area contributed by atoms with E-state index in [0.717, 1.165) is 16.7 Å². The number of imide groups is 1. The molecule has 1 aromatic rings. The van der Waals surface area contributed by atoms with Crippen LogP contribution in [-0.2, 0) is 28.6 Å². The summed E-state index contributed by atoms with van der Waals surface area (Å²) in [4.78, 5) is 63.3. The highest BCUT2D eigenvalue weighted by Crippen LogP contribution is 2.41. The van der Waals surface area contributed by atoms with E-state index < -0.39 is 52.7 Å². The average molecular weight is 496 g/mol. The minimum absolute atomic E-state index is 0.210. The molecule has 9 nitrogen and oxygen atoms in total.